The molecule has 1 aliphatic carbocycles. The first-order valence-corrected chi connectivity index (χ1v) is 11.5. The molecule has 33 heavy (non-hydrogen) atoms. The van der Waals surface area contributed by atoms with Crippen molar-refractivity contribution >= 4 is 22.8 Å². The Balaban J connectivity index is 1.51. The molecule has 171 valence electrons. The highest BCUT2D eigenvalue weighted by molar-refractivity contribution is 7.94. The number of ketones is 1. The maximum atomic E-state index is 13.1. The van der Waals surface area contributed by atoms with E-state index in [-0.39, 0.29) is 28.8 Å². The van der Waals surface area contributed by atoms with Crippen LogP contribution in [-0.2, 0) is 17.7 Å². The molecule has 3 aromatic rings. The molecular formula is C23H24N5O4S. The van der Waals surface area contributed by atoms with Crippen LogP contribution in [0.2, 0.25) is 0 Å². The molecule has 1 radical (unpaired) electrons. The number of aliphatic hydroxyl groups is 2. The Kier molecular flexibility index (Phi) is 6.89. The van der Waals surface area contributed by atoms with Crippen LogP contribution >= 0.6 is 0 Å². The quantitative estimate of drug-likeness (QED) is 0.336. The van der Waals surface area contributed by atoms with Crippen molar-refractivity contribution in [2.24, 2.45) is 5.92 Å². The number of carbonyl (C=O) groups is 1. The zero-order valence-corrected chi connectivity index (χ0v) is 18.6. The third kappa shape index (κ3) is 4.98. The summed E-state index contributed by atoms with van der Waals surface area (Å²) in [7, 11) is 0. The lowest BCUT2D eigenvalue weighted by Crippen LogP contribution is -2.35. The van der Waals surface area contributed by atoms with Gasteiger partial charge in [-0.05, 0) is 43.0 Å². The van der Waals surface area contributed by atoms with Crippen LogP contribution in [0.4, 0.5) is 5.82 Å². The average molecular weight is 467 g/mol. The molecule has 5 atom stereocenters. The Labute approximate surface area is 194 Å². The van der Waals surface area contributed by atoms with Crippen LogP contribution in [0, 0.1) is 12.8 Å². The van der Waals surface area contributed by atoms with Crippen LogP contribution in [0.15, 0.2) is 65.9 Å². The van der Waals surface area contributed by atoms with E-state index in [0.717, 1.165) is 5.56 Å². The van der Waals surface area contributed by atoms with Crippen LogP contribution in [0.3, 0.4) is 0 Å². The van der Waals surface area contributed by atoms with Gasteiger partial charge in [-0.25, -0.2) is 9.97 Å². The molecule has 10 heteroatoms. The van der Waals surface area contributed by atoms with Crippen molar-refractivity contribution in [3.63, 3.8) is 0 Å². The van der Waals surface area contributed by atoms with Crippen LogP contribution < -0.4 is 5.32 Å². The van der Waals surface area contributed by atoms with Crippen molar-refractivity contribution in [2.75, 3.05) is 5.32 Å². The highest BCUT2D eigenvalue weighted by Crippen LogP contribution is 2.29. The van der Waals surface area contributed by atoms with Crippen molar-refractivity contribution in [1.29, 1.82) is 0 Å². The molecule has 0 unspecified atom stereocenters. The maximum absolute atomic E-state index is 13.1. The smallest absolute Gasteiger partial charge is 0.218 e. The molecular weight excluding hydrogens is 442 g/mol. The number of nitrogens with one attached hydrogen (secondary N) is 1. The van der Waals surface area contributed by atoms with Gasteiger partial charge in [0.1, 0.15) is 29.4 Å². The monoisotopic (exact) mass is 466 g/mol. The van der Waals surface area contributed by atoms with Gasteiger partial charge in [-0.3, -0.25) is 9.48 Å². The first-order chi connectivity index (χ1) is 15.9. The van der Waals surface area contributed by atoms with Crippen LogP contribution in [-0.4, -0.2) is 58.5 Å². The summed E-state index contributed by atoms with van der Waals surface area (Å²) in [6.45, 7) is 7.78. The van der Waals surface area contributed by atoms with E-state index >= 15 is 0 Å². The molecule has 0 saturated heterocycles. The minimum absolute atomic E-state index is 0.209. The highest BCUT2D eigenvalue weighted by atomic mass is 32.2. The van der Waals surface area contributed by atoms with Gasteiger partial charge in [0.05, 0.1) is 24.3 Å². The number of rotatable bonds is 8. The number of aliphatic hydroxyl groups excluding tert-OH is 2. The van der Waals surface area contributed by atoms with E-state index in [0.29, 0.717) is 17.9 Å². The largest absolute Gasteiger partial charge is 0.607 e. The fourth-order valence-corrected chi connectivity index (χ4v) is 4.49. The van der Waals surface area contributed by atoms with Crippen LogP contribution in [0.5, 0.6) is 0 Å². The number of aromatic nitrogens is 4. The molecule has 9 nitrogen and oxygen atoms in total. The molecule has 2 aromatic heterocycles. The minimum atomic E-state index is -1.28. The van der Waals surface area contributed by atoms with E-state index in [1.165, 1.54) is 17.9 Å². The van der Waals surface area contributed by atoms with Crippen molar-refractivity contribution in [3.05, 3.63) is 84.8 Å². The standard InChI is InChI=1S/C23H24N5O4S/c1-3-33(32)16-6-4-5-15(10-16)12-28-8-7-18(27-28)21(30)17-11-24-13-25-23(17)26-19-9-14(2)20(29)22(19)31/h3-8,10-11,13-14,19-20,22,29,31H,1-2,9,12H2,(H,24,25,26)/t14-,19-,20-,22+,33+/m1/s1. The van der Waals surface area contributed by atoms with E-state index in [4.69, 9.17) is 0 Å². The van der Waals surface area contributed by atoms with Crippen molar-refractivity contribution in [1.82, 2.24) is 19.7 Å². The number of carbonyl (C=O) groups excluding carboxylic acids is 1. The fraction of sp³-hybridized carbons (Fsp3) is 0.261. The predicted molar refractivity (Wildman–Crippen MR) is 123 cm³/mol. The molecule has 0 bridgehead atoms. The van der Waals surface area contributed by atoms with Gasteiger partial charge in [0, 0.05) is 23.6 Å². The highest BCUT2D eigenvalue weighted by Gasteiger charge is 2.39. The van der Waals surface area contributed by atoms with E-state index in [9.17, 15) is 19.6 Å². The van der Waals surface area contributed by atoms with E-state index < -0.39 is 29.4 Å². The zero-order valence-electron chi connectivity index (χ0n) is 17.7. The number of hydrogen-bond donors (Lipinski definition) is 3. The Hall–Kier alpha value is -3.05. The van der Waals surface area contributed by atoms with Crippen LogP contribution in [0.1, 0.15) is 28.0 Å². The Morgan fingerprint density at radius 3 is 2.88 bits per heavy atom. The second kappa shape index (κ2) is 9.84. The van der Waals surface area contributed by atoms with Gasteiger partial charge in [0.15, 0.2) is 4.90 Å². The molecule has 0 spiro atoms. The summed E-state index contributed by atoms with van der Waals surface area (Å²) in [4.78, 5) is 21.9. The first-order valence-electron chi connectivity index (χ1n) is 10.3. The topological polar surface area (TPSA) is 136 Å². The summed E-state index contributed by atoms with van der Waals surface area (Å²) >= 11 is -1.28. The zero-order chi connectivity index (χ0) is 23.5. The summed E-state index contributed by atoms with van der Waals surface area (Å²) in [6.07, 6.45) is 2.86. The molecule has 2 heterocycles. The lowest BCUT2D eigenvalue weighted by Gasteiger charge is -2.19. The third-order valence-electron chi connectivity index (χ3n) is 5.58. The molecule has 1 aromatic carbocycles. The molecule has 1 fully saturated rings. The minimum Gasteiger partial charge on any atom is -0.607 e. The molecule has 4 rings (SSSR count). The lowest BCUT2D eigenvalue weighted by atomic mass is 10.1. The normalized spacial score (nSPS) is 23.3. The van der Waals surface area contributed by atoms with Crippen molar-refractivity contribution in [3.8, 4) is 0 Å². The number of anilines is 1. The summed E-state index contributed by atoms with van der Waals surface area (Å²) < 4.78 is 13.6. The summed E-state index contributed by atoms with van der Waals surface area (Å²) in [5.41, 5.74) is 1.30. The number of benzene rings is 1. The Bertz CT molecular complexity index is 1150. The third-order valence-corrected chi connectivity index (χ3v) is 6.60. The molecule has 1 saturated carbocycles. The van der Waals surface area contributed by atoms with E-state index in [1.807, 2.05) is 18.2 Å². The van der Waals surface area contributed by atoms with Gasteiger partial charge in [-0.1, -0.05) is 18.7 Å². The van der Waals surface area contributed by atoms with Crippen molar-refractivity contribution in [2.45, 2.75) is 36.1 Å². The molecule has 3 N–H and O–H groups in total. The van der Waals surface area contributed by atoms with Gasteiger partial charge in [0.25, 0.3) is 0 Å². The number of hydrogen-bond acceptors (Lipinski definition) is 8. The SMILES string of the molecule is [CH2][C@@H]1C[C@@H](Nc2ncncc2C(=O)c2ccn(Cc3cccc([S@@+]([O-])C=C)c3)n2)[C@H](O)[C@@H]1O. The first kappa shape index (κ1) is 23.1. The van der Waals surface area contributed by atoms with Crippen LogP contribution in [0.25, 0.3) is 0 Å². The summed E-state index contributed by atoms with van der Waals surface area (Å²) in [5.74, 6) is -0.441. The van der Waals surface area contributed by atoms with Gasteiger partial charge in [0.2, 0.25) is 5.78 Å². The Morgan fingerprint density at radius 2 is 2.15 bits per heavy atom. The van der Waals surface area contributed by atoms with Gasteiger partial charge >= 0.3 is 0 Å². The van der Waals surface area contributed by atoms with E-state index in [1.54, 1.807) is 23.0 Å². The van der Waals surface area contributed by atoms with Gasteiger partial charge < -0.3 is 20.1 Å². The lowest BCUT2D eigenvalue weighted by molar-refractivity contribution is 0.0256. The fourth-order valence-electron chi connectivity index (χ4n) is 3.81. The summed E-state index contributed by atoms with van der Waals surface area (Å²) in [5, 5.41) is 29.0. The van der Waals surface area contributed by atoms with E-state index in [2.05, 4.69) is 33.9 Å². The summed E-state index contributed by atoms with van der Waals surface area (Å²) in [6, 6.07) is 8.38. The van der Waals surface area contributed by atoms with Crippen molar-refractivity contribution < 1.29 is 19.6 Å². The second-order valence-corrected chi connectivity index (χ2v) is 9.25. The molecule has 0 aliphatic heterocycles. The van der Waals surface area contributed by atoms with Gasteiger partial charge in [-0.15, -0.1) is 0 Å². The second-order valence-electron chi connectivity index (χ2n) is 7.85. The average Bonchev–Trinajstić information content (AvgIpc) is 3.39. The molecule has 1 aliphatic rings. The molecule has 0 amide bonds. The number of nitrogens with zero attached hydrogens (tertiary/aromatic N) is 4. The Morgan fingerprint density at radius 1 is 1.33 bits per heavy atom. The van der Waals surface area contributed by atoms with Gasteiger partial charge in [-0.2, -0.15) is 5.10 Å². The maximum Gasteiger partial charge on any atom is 0.218 e. The predicted octanol–water partition coefficient (Wildman–Crippen LogP) is 1.56.